The minimum absolute atomic E-state index is 0.458. The molecule has 0 aromatic rings. The second-order valence-electron chi connectivity index (χ2n) is 3.31. The summed E-state index contributed by atoms with van der Waals surface area (Å²) in [4.78, 5) is 10.9. The molecule has 4 heteroatoms. The van der Waals surface area contributed by atoms with E-state index >= 15 is 0 Å². The van der Waals surface area contributed by atoms with Gasteiger partial charge >= 0.3 is 5.97 Å². The van der Waals surface area contributed by atoms with Gasteiger partial charge in [-0.25, -0.2) is 0 Å². The summed E-state index contributed by atoms with van der Waals surface area (Å²) in [6.45, 7) is 4.86. The van der Waals surface area contributed by atoms with Crippen molar-refractivity contribution in [2.24, 2.45) is 0 Å². The van der Waals surface area contributed by atoms with Crippen LogP contribution in [-0.2, 0) is 9.53 Å². The molecule has 0 aromatic carbocycles. The first-order chi connectivity index (χ1) is 6.06. The van der Waals surface area contributed by atoms with Gasteiger partial charge in [0.15, 0.2) is 0 Å². The Bertz CT molecular complexity index is 151. The van der Waals surface area contributed by atoms with Gasteiger partial charge in [0.05, 0.1) is 0 Å². The lowest BCUT2D eigenvalue weighted by atomic mass is 9.98. The zero-order valence-electron chi connectivity index (χ0n) is 8.59. The number of aliphatic carboxylic acids is 1. The predicted molar refractivity (Wildman–Crippen MR) is 50.8 cm³/mol. The summed E-state index contributed by atoms with van der Waals surface area (Å²) in [5.74, 6) is -0.821. The van der Waals surface area contributed by atoms with Crippen LogP contribution in [0.2, 0.25) is 0 Å². The first kappa shape index (κ1) is 12.4. The Labute approximate surface area is 79.3 Å². The van der Waals surface area contributed by atoms with Crippen LogP contribution in [0.4, 0.5) is 0 Å². The van der Waals surface area contributed by atoms with Crippen molar-refractivity contribution in [1.82, 2.24) is 5.32 Å². The Morgan fingerprint density at radius 1 is 1.62 bits per heavy atom. The largest absolute Gasteiger partial charge is 0.480 e. The Morgan fingerprint density at radius 2 is 2.23 bits per heavy atom. The molecule has 1 unspecified atom stereocenters. The maximum atomic E-state index is 10.9. The maximum absolute atomic E-state index is 10.9. The summed E-state index contributed by atoms with van der Waals surface area (Å²) in [7, 11) is 1.57. The molecular formula is C9H19NO3. The third-order valence-corrected chi connectivity index (χ3v) is 2.04. The van der Waals surface area contributed by atoms with Crippen LogP contribution in [0.3, 0.4) is 0 Å². The Kier molecular flexibility index (Phi) is 5.66. The summed E-state index contributed by atoms with van der Waals surface area (Å²) in [6, 6.07) is 0. The van der Waals surface area contributed by atoms with Gasteiger partial charge in [0.25, 0.3) is 0 Å². The molecular weight excluding hydrogens is 170 g/mol. The summed E-state index contributed by atoms with van der Waals surface area (Å²) in [6.07, 6.45) is 1.41. The predicted octanol–water partition coefficient (Wildman–Crippen LogP) is 0.866. The van der Waals surface area contributed by atoms with Crippen molar-refractivity contribution in [1.29, 1.82) is 0 Å². The molecule has 0 aliphatic rings. The van der Waals surface area contributed by atoms with Crippen LogP contribution < -0.4 is 5.32 Å². The smallest absolute Gasteiger partial charge is 0.323 e. The molecule has 0 fully saturated rings. The van der Waals surface area contributed by atoms with Crippen LogP contribution in [0.1, 0.15) is 26.7 Å². The minimum atomic E-state index is -0.855. The van der Waals surface area contributed by atoms with Crippen LogP contribution in [0.15, 0.2) is 0 Å². The van der Waals surface area contributed by atoms with E-state index in [1.807, 2.05) is 6.92 Å². The van der Waals surface area contributed by atoms with E-state index in [1.165, 1.54) is 0 Å². The highest BCUT2D eigenvalue weighted by atomic mass is 16.5. The molecule has 0 spiro atoms. The van der Waals surface area contributed by atoms with Gasteiger partial charge in [-0.2, -0.15) is 0 Å². The van der Waals surface area contributed by atoms with Crippen LogP contribution in [0, 0.1) is 0 Å². The topological polar surface area (TPSA) is 58.6 Å². The summed E-state index contributed by atoms with van der Waals surface area (Å²) in [5.41, 5.74) is -0.855. The van der Waals surface area contributed by atoms with Gasteiger partial charge in [0.2, 0.25) is 0 Å². The average Bonchev–Trinajstić information content (AvgIpc) is 2.11. The van der Waals surface area contributed by atoms with Crippen LogP contribution in [0.5, 0.6) is 0 Å². The van der Waals surface area contributed by atoms with Crippen molar-refractivity contribution in [3.63, 3.8) is 0 Å². The molecule has 1 atom stereocenters. The molecule has 0 radical (unpaired) electrons. The van der Waals surface area contributed by atoms with E-state index in [9.17, 15) is 4.79 Å². The number of hydrogen-bond acceptors (Lipinski definition) is 3. The Morgan fingerprint density at radius 3 is 2.62 bits per heavy atom. The number of hydrogen-bond donors (Lipinski definition) is 2. The molecule has 4 nitrogen and oxygen atoms in total. The SMILES string of the molecule is CCCNC(C)(CCOC)C(=O)O. The van der Waals surface area contributed by atoms with E-state index in [2.05, 4.69) is 5.32 Å². The minimum Gasteiger partial charge on any atom is -0.480 e. The van der Waals surface area contributed by atoms with E-state index in [0.29, 0.717) is 19.6 Å². The zero-order valence-corrected chi connectivity index (χ0v) is 8.59. The first-order valence-electron chi connectivity index (χ1n) is 4.54. The van der Waals surface area contributed by atoms with Crippen LogP contribution >= 0.6 is 0 Å². The van der Waals surface area contributed by atoms with E-state index in [4.69, 9.17) is 9.84 Å². The third kappa shape index (κ3) is 4.24. The van der Waals surface area contributed by atoms with Gasteiger partial charge in [0, 0.05) is 13.7 Å². The number of carbonyl (C=O) groups is 1. The van der Waals surface area contributed by atoms with Crippen LogP contribution in [0.25, 0.3) is 0 Å². The van der Waals surface area contributed by atoms with Crippen molar-refractivity contribution in [2.45, 2.75) is 32.2 Å². The Hall–Kier alpha value is -0.610. The summed E-state index contributed by atoms with van der Waals surface area (Å²) in [5, 5.41) is 12.0. The van der Waals surface area contributed by atoms with Crippen molar-refractivity contribution in [2.75, 3.05) is 20.3 Å². The number of methoxy groups -OCH3 is 1. The third-order valence-electron chi connectivity index (χ3n) is 2.04. The maximum Gasteiger partial charge on any atom is 0.323 e. The summed E-state index contributed by atoms with van der Waals surface area (Å²) < 4.78 is 4.86. The van der Waals surface area contributed by atoms with Gasteiger partial charge < -0.3 is 15.2 Å². The highest BCUT2D eigenvalue weighted by Gasteiger charge is 2.31. The van der Waals surface area contributed by atoms with Crippen molar-refractivity contribution in [3.05, 3.63) is 0 Å². The second-order valence-corrected chi connectivity index (χ2v) is 3.31. The van der Waals surface area contributed by atoms with Crippen molar-refractivity contribution >= 4 is 5.97 Å². The Balaban J connectivity index is 4.08. The van der Waals surface area contributed by atoms with E-state index in [1.54, 1.807) is 14.0 Å². The molecule has 78 valence electrons. The lowest BCUT2D eigenvalue weighted by Crippen LogP contribution is -2.50. The van der Waals surface area contributed by atoms with E-state index in [-0.39, 0.29) is 0 Å². The number of ether oxygens (including phenoxy) is 1. The van der Waals surface area contributed by atoms with E-state index in [0.717, 1.165) is 6.42 Å². The van der Waals surface area contributed by atoms with Crippen molar-refractivity contribution in [3.8, 4) is 0 Å². The lowest BCUT2D eigenvalue weighted by molar-refractivity contribution is -0.144. The fraction of sp³-hybridized carbons (Fsp3) is 0.889. The highest BCUT2D eigenvalue weighted by molar-refractivity contribution is 5.78. The molecule has 0 heterocycles. The fourth-order valence-electron chi connectivity index (χ4n) is 0.978. The highest BCUT2D eigenvalue weighted by Crippen LogP contribution is 2.09. The van der Waals surface area contributed by atoms with Gasteiger partial charge in [-0.3, -0.25) is 4.79 Å². The van der Waals surface area contributed by atoms with Crippen LogP contribution in [-0.4, -0.2) is 36.9 Å². The number of rotatable bonds is 7. The molecule has 13 heavy (non-hydrogen) atoms. The molecule has 0 saturated carbocycles. The molecule has 2 N–H and O–H groups in total. The zero-order chi connectivity index (χ0) is 10.3. The second kappa shape index (κ2) is 5.94. The molecule has 0 aliphatic heterocycles. The normalized spacial score (nSPS) is 15.3. The molecule has 0 rings (SSSR count). The molecule has 0 saturated heterocycles. The van der Waals surface area contributed by atoms with Gasteiger partial charge in [-0.05, 0) is 26.3 Å². The molecule has 0 bridgehead atoms. The molecule has 0 aromatic heterocycles. The number of nitrogens with one attached hydrogen (secondary N) is 1. The van der Waals surface area contributed by atoms with Gasteiger partial charge in [-0.1, -0.05) is 6.92 Å². The lowest BCUT2D eigenvalue weighted by Gasteiger charge is -2.25. The number of carboxylic acid groups (broad SMARTS) is 1. The average molecular weight is 189 g/mol. The fourth-order valence-corrected chi connectivity index (χ4v) is 0.978. The van der Waals surface area contributed by atoms with E-state index < -0.39 is 11.5 Å². The standard InChI is InChI=1S/C9H19NO3/c1-4-6-10-9(2,8(11)12)5-7-13-3/h10H,4-7H2,1-3H3,(H,11,12). The quantitative estimate of drug-likeness (QED) is 0.624. The molecule has 0 aliphatic carbocycles. The number of carboxylic acids is 1. The summed E-state index contributed by atoms with van der Waals surface area (Å²) >= 11 is 0. The van der Waals surface area contributed by atoms with Crippen molar-refractivity contribution < 1.29 is 14.6 Å². The van der Waals surface area contributed by atoms with Gasteiger partial charge in [-0.15, -0.1) is 0 Å². The molecule has 0 amide bonds. The monoisotopic (exact) mass is 189 g/mol. The van der Waals surface area contributed by atoms with Gasteiger partial charge in [0.1, 0.15) is 5.54 Å². The first-order valence-corrected chi connectivity index (χ1v) is 4.54.